The van der Waals surface area contributed by atoms with Gasteiger partial charge in [0.15, 0.2) is 0 Å². The summed E-state index contributed by atoms with van der Waals surface area (Å²) >= 11 is 0. The Labute approximate surface area is 120 Å². The van der Waals surface area contributed by atoms with E-state index in [1.165, 1.54) is 17.5 Å². The van der Waals surface area contributed by atoms with E-state index in [1.54, 1.807) is 0 Å². The van der Waals surface area contributed by atoms with Gasteiger partial charge in [-0.25, -0.2) is 0 Å². The van der Waals surface area contributed by atoms with Gasteiger partial charge in [0.1, 0.15) is 0 Å². The molecule has 1 aromatic carbocycles. The molecule has 1 aromatic heterocycles. The lowest BCUT2D eigenvalue weighted by molar-refractivity contribution is 0.319. The first-order valence-electron chi connectivity index (χ1n) is 7.29. The van der Waals surface area contributed by atoms with Gasteiger partial charge in [-0.05, 0) is 48.4 Å². The van der Waals surface area contributed by atoms with E-state index >= 15 is 0 Å². The Kier molecular flexibility index (Phi) is 4.09. The molecule has 2 atom stereocenters. The molecular formula is C17H21N3. The molecule has 0 saturated carbocycles. The number of hydrogen-bond acceptors (Lipinski definition) is 3. The number of aromatic nitrogens is 1. The minimum atomic E-state index is 0.290. The van der Waals surface area contributed by atoms with Gasteiger partial charge in [-0.3, -0.25) is 16.3 Å². The van der Waals surface area contributed by atoms with Crippen LogP contribution < -0.4 is 11.3 Å². The van der Waals surface area contributed by atoms with Gasteiger partial charge in [-0.2, -0.15) is 0 Å². The van der Waals surface area contributed by atoms with Crippen LogP contribution in [0, 0.1) is 5.92 Å². The number of nitrogens with zero attached hydrogens (tertiary/aromatic N) is 1. The largest absolute Gasteiger partial charge is 0.271 e. The van der Waals surface area contributed by atoms with Gasteiger partial charge in [0, 0.05) is 24.4 Å². The third kappa shape index (κ3) is 2.89. The summed E-state index contributed by atoms with van der Waals surface area (Å²) < 4.78 is 0. The van der Waals surface area contributed by atoms with Crippen molar-refractivity contribution in [3.63, 3.8) is 0 Å². The van der Waals surface area contributed by atoms with E-state index in [2.05, 4.69) is 40.7 Å². The Morgan fingerprint density at radius 1 is 1.15 bits per heavy atom. The van der Waals surface area contributed by atoms with E-state index in [4.69, 9.17) is 5.84 Å². The van der Waals surface area contributed by atoms with Gasteiger partial charge in [-0.1, -0.05) is 30.3 Å². The van der Waals surface area contributed by atoms with Crippen LogP contribution in [0.25, 0.3) is 0 Å². The maximum absolute atomic E-state index is 5.79. The molecule has 0 amide bonds. The fourth-order valence-corrected chi connectivity index (χ4v) is 3.18. The SMILES string of the molecule is NNC(Cc1ccccn1)C1CCc2ccccc2C1. The lowest BCUT2D eigenvalue weighted by Gasteiger charge is -2.31. The number of fused-ring (bicyclic) bond motifs is 1. The molecule has 2 unspecified atom stereocenters. The maximum atomic E-state index is 5.79. The Morgan fingerprint density at radius 2 is 1.95 bits per heavy atom. The number of hydrogen-bond donors (Lipinski definition) is 2. The van der Waals surface area contributed by atoms with Crippen LogP contribution >= 0.6 is 0 Å². The Hall–Kier alpha value is -1.71. The molecular weight excluding hydrogens is 246 g/mol. The summed E-state index contributed by atoms with van der Waals surface area (Å²) in [5, 5.41) is 0. The van der Waals surface area contributed by atoms with E-state index < -0.39 is 0 Å². The van der Waals surface area contributed by atoms with Crippen molar-refractivity contribution in [2.45, 2.75) is 31.7 Å². The number of rotatable bonds is 4. The normalized spacial score (nSPS) is 19.4. The molecule has 1 aliphatic rings. The van der Waals surface area contributed by atoms with Crippen LogP contribution in [0.3, 0.4) is 0 Å². The standard InChI is InChI=1S/C17H21N3/c18-20-17(12-16-7-3-4-10-19-16)15-9-8-13-5-1-2-6-14(13)11-15/h1-7,10,15,17,20H,8-9,11-12,18H2. The number of benzene rings is 1. The lowest BCUT2D eigenvalue weighted by Crippen LogP contribution is -2.44. The van der Waals surface area contributed by atoms with Crippen LogP contribution in [0.2, 0.25) is 0 Å². The summed E-state index contributed by atoms with van der Waals surface area (Å²) in [7, 11) is 0. The average molecular weight is 267 g/mol. The molecule has 0 fully saturated rings. The molecule has 0 saturated heterocycles. The Bertz CT molecular complexity index is 553. The van der Waals surface area contributed by atoms with Crippen LogP contribution in [0.5, 0.6) is 0 Å². The molecule has 20 heavy (non-hydrogen) atoms. The van der Waals surface area contributed by atoms with Gasteiger partial charge in [0.25, 0.3) is 0 Å². The van der Waals surface area contributed by atoms with E-state index in [0.717, 1.165) is 25.0 Å². The van der Waals surface area contributed by atoms with Crippen LogP contribution in [-0.4, -0.2) is 11.0 Å². The molecule has 0 aliphatic heterocycles. The highest BCUT2D eigenvalue weighted by atomic mass is 15.2. The van der Waals surface area contributed by atoms with Gasteiger partial charge in [-0.15, -0.1) is 0 Å². The van der Waals surface area contributed by atoms with Gasteiger partial charge >= 0.3 is 0 Å². The fraction of sp³-hybridized carbons (Fsp3) is 0.353. The molecule has 0 bridgehead atoms. The molecule has 0 spiro atoms. The van der Waals surface area contributed by atoms with Crippen molar-refractivity contribution >= 4 is 0 Å². The quantitative estimate of drug-likeness (QED) is 0.660. The van der Waals surface area contributed by atoms with E-state index in [9.17, 15) is 0 Å². The van der Waals surface area contributed by atoms with E-state index in [0.29, 0.717) is 12.0 Å². The van der Waals surface area contributed by atoms with Crippen molar-refractivity contribution < 1.29 is 0 Å². The average Bonchev–Trinajstić information content (AvgIpc) is 2.53. The number of nitrogens with one attached hydrogen (secondary N) is 1. The Morgan fingerprint density at radius 3 is 2.70 bits per heavy atom. The van der Waals surface area contributed by atoms with Crippen LogP contribution in [0.15, 0.2) is 48.7 Å². The first-order valence-corrected chi connectivity index (χ1v) is 7.29. The highest BCUT2D eigenvalue weighted by molar-refractivity contribution is 5.30. The zero-order valence-corrected chi connectivity index (χ0v) is 11.6. The zero-order valence-electron chi connectivity index (χ0n) is 11.6. The number of hydrazine groups is 1. The molecule has 3 nitrogen and oxygen atoms in total. The minimum Gasteiger partial charge on any atom is -0.271 e. The highest BCUT2D eigenvalue weighted by Crippen LogP contribution is 2.28. The monoisotopic (exact) mass is 267 g/mol. The van der Waals surface area contributed by atoms with Crippen LogP contribution in [-0.2, 0) is 19.3 Å². The summed E-state index contributed by atoms with van der Waals surface area (Å²) in [5.74, 6) is 6.37. The number of nitrogens with two attached hydrogens (primary N) is 1. The molecule has 104 valence electrons. The smallest absolute Gasteiger partial charge is 0.0419 e. The van der Waals surface area contributed by atoms with Gasteiger partial charge < -0.3 is 0 Å². The molecule has 0 radical (unpaired) electrons. The molecule has 3 heteroatoms. The summed E-state index contributed by atoms with van der Waals surface area (Å²) in [4.78, 5) is 4.41. The second kappa shape index (κ2) is 6.16. The van der Waals surface area contributed by atoms with Gasteiger partial charge in [0.2, 0.25) is 0 Å². The van der Waals surface area contributed by atoms with Crippen molar-refractivity contribution in [2.75, 3.05) is 0 Å². The molecule has 3 rings (SSSR count). The first kappa shape index (κ1) is 13.3. The summed E-state index contributed by atoms with van der Waals surface area (Å²) in [6.45, 7) is 0. The molecule has 2 aromatic rings. The second-order valence-corrected chi connectivity index (χ2v) is 5.57. The lowest BCUT2D eigenvalue weighted by atomic mass is 9.79. The molecule has 1 heterocycles. The van der Waals surface area contributed by atoms with Crippen molar-refractivity contribution in [1.82, 2.24) is 10.4 Å². The van der Waals surface area contributed by atoms with E-state index in [-0.39, 0.29) is 0 Å². The third-order valence-corrected chi connectivity index (χ3v) is 4.32. The Balaban J connectivity index is 1.72. The third-order valence-electron chi connectivity index (χ3n) is 4.32. The summed E-state index contributed by atoms with van der Waals surface area (Å²) in [6, 6.07) is 15.1. The van der Waals surface area contributed by atoms with E-state index in [1.807, 2.05) is 18.3 Å². The van der Waals surface area contributed by atoms with Crippen LogP contribution in [0.4, 0.5) is 0 Å². The second-order valence-electron chi connectivity index (χ2n) is 5.57. The number of pyridine rings is 1. The predicted octanol–water partition coefficient (Wildman–Crippen LogP) is 2.26. The molecule has 1 aliphatic carbocycles. The van der Waals surface area contributed by atoms with Crippen molar-refractivity contribution in [3.8, 4) is 0 Å². The summed E-state index contributed by atoms with van der Waals surface area (Å²) in [5.41, 5.74) is 7.09. The maximum Gasteiger partial charge on any atom is 0.0419 e. The first-order chi connectivity index (χ1) is 9.86. The highest BCUT2D eigenvalue weighted by Gasteiger charge is 2.25. The van der Waals surface area contributed by atoms with Gasteiger partial charge in [0.05, 0.1) is 0 Å². The van der Waals surface area contributed by atoms with Crippen LogP contribution in [0.1, 0.15) is 23.2 Å². The van der Waals surface area contributed by atoms with Crippen molar-refractivity contribution in [1.29, 1.82) is 0 Å². The topological polar surface area (TPSA) is 50.9 Å². The molecule has 3 N–H and O–H groups in total. The fourth-order valence-electron chi connectivity index (χ4n) is 3.18. The number of aryl methyl sites for hydroxylation is 1. The van der Waals surface area contributed by atoms with Crippen molar-refractivity contribution in [3.05, 3.63) is 65.5 Å². The zero-order chi connectivity index (χ0) is 13.8. The van der Waals surface area contributed by atoms with Crippen molar-refractivity contribution in [2.24, 2.45) is 11.8 Å². The predicted molar refractivity (Wildman–Crippen MR) is 81.0 cm³/mol. The summed E-state index contributed by atoms with van der Waals surface area (Å²) in [6.07, 6.45) is 6.20. The minimum absolute atomic E-state index is 0.290.